The number of pyridine rings is 1. The minimum Gasteiger partial charge on any atom is -0.248 e. The van der Waals surface area contributed by atoms with Crippen molar-refractivity contribution in [3.05, 3.63) is 39.3 Å². The van der Waals surface area contributed by atoms with Crippen LogP contribution in [0.3, 0.4) is 0 Å². The number of aromatic nitrogens is 3. The van der Waals surface area contributed by atoms with E-state index in [9.17, 15) is 0 Å². The molecule has 14 heavy (non-hydrogen) atoms. The Morgan fingerprint density at radius 1 is 1.29 bits per heavy atom. The zero-order valence-corrected chi connectivity index (χ0v) is 10.6. The van der Waals surface area contributed by atoms with Crippen molar-refractivity contribution in [2.24, 2.45) is 0 Å². The lowest BCUT2D eigenvalue weighted by Crippen LogP contribution is -1.97. The first-order valence-electron chi connectivity index (χ1n) is 4.01. The number of rotatable bonds is 1. The van der Waals surface area contributed by atoms with Crippen LogP contribution < -0.4 is 0 Å². The minimum absolute atomic E-state index is 0.781. The highest BCUT2D eigenvalue weighted by Gasteiger charge is 2.06. The smallest absolute Gasteiger partial charge is 0.122 e. The Labute approximate surface area is 98.4 Å². The maximum Gasteiger partial charge on any atom is 0.122 e. The van der Waals surface area contributed by atoms with Crippen LogP contribution in [0.15, 0.2) is 33.6 Å². The van der Waals surface area contributed by atoms with Gasteiger partial charge in [0.2, 0.25) is 0 Å². The van der Waals surface area contributed by atoms with E-state index in [0.717, 1.165) is 20.5 Å². The molecule has 0 bridgehead atoms. The van der Waals surface area contributed by atoms with E-state index in [0.29, 0.717) is 0 Å². The Morgan fingerprint density at radius 3 is 2.71 bits per heavy atom. The normalized spacial score (nSPS) is 10.5. The molecule has 5 heteroatoms. The fraction of sp³-hybridized carbons (Fsp3) is 0.111. The Balaban J connectivity index is 2.57. The summed E-state index contributed by atoms with van der Waals surface area (Å²) in [5.74, 6) is 0. The maximum absolute atomic E-state index is 4.32. The Bertz CT molecular complexity index is 465. The van der Waals surface area contributed by atoms with Crippen molar-refractivity contribution in [2.75, 3.05) is 0 Å². The SMILES string of the molecule is Cc1ccn(-c2ccnc(Br)c2Br)n1. The predicted molar refractivity (Wildman–Crippen MR) is 61.5 cm³/mol. The van der Waals surface area contributed by atoms with Gasteiger partial charge in [-0.25, -0.2) is 9.67 Å². The standard InChI is InChI=1S/C9H7Br2N3/c1-6-3-5-14(13-6)7-2-4-12-9(11)8(7)10/h2-5H,1H3. The van der Waals surface area contributed by atoms with E-state index < -0.39 is 0 Å². The van der Waals surface area contributed by atoms with Crippen molar-refractivity contribution >= 4 is 31.9 Å². The number of halogens is 2. The van der Waals surface area contributed by atoms with Crippen LogP contribution in [0.2, 0.25) is 0 Å². The summed E-state index contributed by atoms with van der Waals surface area (Å²) in [6, 6.07) is 3.86. The molecule has 2 rings (SSSR count). The Kier molecular flexibility index (Phi) is 2.69. The van der Waals surface area contributed by atoms with Gasteiger partial charge in [0.15, 0.2) is 0 Å². The Hall–Kier alpha value is -0.680. The molecule has 2 aromatic rings. The molecule has 0 N–H and O–H groups in total. The highest BCUT2D eigenvalue weighted by Crippen LogP contribution is 2.26. The monoisotopic (exact) mass is 315 g/mol. The topological polar surface area (TPSA) is 30.7 Å². The zero-order chi connectivity index (χ0) is 10.1. The first-order chi connectivity index (χ1) is 6.68. The second-order valence-electron chi connectivity index (χ2n) is 2.84. The quantitative estimate of drug-likeness (QED) is 0.757. The van der Waals surface area contributed by atoms with Crippen LogP contribution in [-0.2, 0) is 0 Å². The molecule has 2 aromatic heterocycles. The first kappa shape index (κ1) is 9.86. The third-order valence-electron chi connectivity index (χ3n) is 1.80. The van der Waals surface area contributed by atoms with E-state index in [1.807, 2.05) is 29.9 Å². The van der Waals surface area contributed by atoms with Crippen molar-refractivity contribution in [3.8, 4) is 5.69 Å². The van der Waals surface area contributed by atoms with Gasteiger partial charge in [0.05, 0.1) is 15.9 Å². The van der Waals surface area contributed by atoms with Crippen LogP contribution in [-0.4, -0.2) is 14.8 Å². The second kappa shape index (κ2) is 3.82. The molecule has 0 unspecified atom stereocenters. The van der Waals surface area contributed by atoms with E-state index in [-0.39, 0.29) is 0 Å². The predicted octanol–water partition coefficient (Wildman–Crippen LogP) is 3.10. The summed E-state index contributed by atoms with van der Waals surface area (Å²) in [5, 5.41) is 4.32. The van der Waals surface area contributed by atoms with Crippen LogP contribution >= 0.6 is 31.9 Å². The third-order valence-corrected chi connectivity index (χ3v) is 3.71. The van der Waals surface area contributed by atoms with Crippen molar-refractivity contribution in [3.63, 3.8) is 0 Å². The summed E-state index contributed by atoms with van der Waals surface area (Å²) in [6.45, 7) is 1.96. The first-order valence-corrected chi connectivity index (χ1v) is 5.60. The van der Waals surface area contributed by atoms with E-state index >= 15 is 0 Å². The van der Waals surface area contributed by atoms with Crippen LogP contribution in [0.4, 0.5) is 0 Å². The molecule has 0 saturated carbocycles. The molecule has 0 saturated heterocycles. The number of hydrogen-bond donors (Lipinski definition) is 0. The van der Waals surface area contributed by atoms with Gasteiger partial charge in [0, 0.05) is 12.4 Å². The number of nitrogens with zero attached hydrogens (tertiary/aromatic N) is 3. The van der Waals surface area contributed by atoms with E-state index in [1.165, 1.54) is 0 Å². The van der Waals surface area contributed by atoms with E-state index in [1.54, 1.807) is 6.20 Å². The van der Waals surface area contributed by atoms with Gasteiger partial charge < -0.3 is 0 Å². The molecule has 3 nitrogen and oxygen atoms in total. The highest BCUT2D eigenvalue weighted by atomic mass is 79.9. The molecule has 0 fully saturated rings. The van der Waals surface area contributed by atoms with Crippen molar-refractivity contribution in [1.82, 2.24) is 14.8 Å². The van der Waals surface area contributed by atoms with Crippen LogP contribution in [0.25, 0.3) is 5.69 Å². The molecule has 0 amide bonds. The maximum atomic E-state index is 4.32. The molecular weight excluding hydrogens is 310 g/mol. The van der Waals surface area contributed by atoms with Crippen LogP contribution in [0.1, 0.15) is 5.69 Å². The third kappa shape index (κ3) is 1.74. The van der Waals surface area contributed by atoms with Gasteiger partial charge >= 0.3 is 0 Å². The van der Waals surface area contributed by atoms with Gasteiger partial charge in [-0.2, -0.15) is 5.10 Å². The van der Waals surface area contributed by atoms with E-state index in [2.05, 4.69) is 41.9 Å². The largest absolute Gasteiger partial charge is 0.248 e. The summed E-state index contributed by atoms with van der Waals surface area (Å²) in [6.07, 6.45) is 3.66. The summed E-state index contributed by atoms with van der Waals surface area (Å²) < 4.78 is 3.50. The molecule has 0 aliphatic carbocycles. The zero-order valence-electron chi connectivity index (χ0n) is 7.41. The molecule has 0 aliphatic rings. The summed E-state index contributed by atoms with van der Waals surface area (Å²) in [4.78, 5) is 4.10. The second-order valence-corrected chi connectivity index (χ2v) is 4.38. The van der Waals surface area contributed by atoms with Crippen LogP contribution in [0.5, 0.6) is 0 Å². The molecule has 2 heterocycles. The van der Waals surface area contributed by atoms with E-state index in [4.69, 9.17) is 0 Å². The van der Waals surface area contributed by atoms with Gasteiger partial charge in [0.25, 0.3) is 0 Å². The minimum atomic E-state index is 0.781. The molecule has 72 valence electrons. The Morgan fingerprint density at radius 2 is 2.07 bits per heavy atom. The van der Waals surface area contributed by atoms with Gasteiger partial charge in [-0.1, -0.05) is 0 Å². The fourth-order valence-corrected chi connectivity index (χ4v) is 1.87. The van der Waals surface area contributed by atoms with Gasteiger partial charge in [-0.3, -0.25) is 0 Å². The average molecular weight is 317 g/mol. The van der Waals surface area contributed by atoms with Crippen molar-refractivity contribution in [1.29, 1.82) is 0 Å². The highest BCUT2D eigenvalue weighted by molar-refractivity contribution is 9.13. The molecular formula is C9H7Br2N3. The molecule has 0 spiro atoms. The molecule has 0 radical (unpaired) electrons. The van der Waals surface area contributed by atoms with Crippen molar-refractivity contribution < 1.29 is 0 Å². The molecule has 0 aliphatic heterocycles. The fourth-order valence-electron chi connectivity index (χ4n) is 1.14. The van der Waals surface area contributed by atoms with Gasteiger partial charge in [-0.15, -0.1) is 0 Å². The summed E-state index contributed by atoms with van der Waals surface area (Å²) >= 11 is 6.81. The number of hydrogen-bond acceptors (Lipinski definition) is 2. The average Bonchev–Trinajstić information content (AvgIpc) is 2.57. The molecule has 0 aromatic carbocycles. The van der Waals surface area contributed by atoms with Crippen molar-refractivity contribution in [2.45, 2.75) is 6.92 Å². The summed E-state index contributed by atoms with van der Waals surface area (Å²) in [7, 11) is 0. The summed E-state index contributed by atoms with van der Waals surface area (Å²) in [5.41, 5.74) is 1.96. The molecule has 0 atom stereocenters. The number of aryl methyl sites for hydroxylation is 1. The lowest BCUT2D eigenvalue weighted by Gasteiger charge is -2.04. The lowest BCUT2D eigenvalue weighted by atomic mass is 10.4. The van der Waals surface area contributed by atoms with Gasteiger partial charge in [-0.05, 0) is 50.9 Å². The lowest BCUT2D eigenvalue weighted by molar-refractivity contribution is 0.854. The van der Waals surface area contributed by atoms with Gasteiger partial charge in [0.1, 0.15) is 4.60 Å². The van der Waals surface area contributed by atoms with Crippen LogP contribution in [0, 0.1) is 6.92 Å².